The van der Waals surface area contributed by atoms with Crippen molar-refractivity contribution in [1.29, 1.82) is 0 Å². The molecular formula is C13H10N4O4S. The third-order valence-corrected chi connectivity index (χ3v) is 3.70. The molecule has 0 aliphatic rings. The Balaban J connectivity index is 2.39. The number of nitro benzene ring substituents is 2. The van der Waals surface area contributed by atoms with Crippen molar-refractivity contribution in [2.24, 2.45) is 0 Å². The van der Waals surface area contributed by atoms with Crippen LogP contribution in [0, 0.1) is 32.1 Å². The van der Waals surface area contributed by atoms with Crippen molar-refractivity contribution in [3.63, 3.8) is 0 Å². The molecule has 0 spiro atoms. The van der Waals surface area contributed by atoms with Crippen molar-refractivity contribution in [2.45, 2.75) is 17.2 Å². The lowest BCUT2D eigenvalue weighted by Gasteiger charge is -2.11. The highest BCUT2D eigenvalue weighted by Gasteiger charge is 2.19. The first-order chi connectivity index (χ1) is 10.5. The fourth-order valence-electron chi connectivity index (χ4n) is 1.67. The van der Waals surface area contributed by atoms with Gasteiger partial charge in [0, 0.05) is 29.4 Å². The number of non-ortho nitro benzene ring substituents is 2. The zero-order valence-corrected chi connectivity index (χ0v) is 12.2. The Kier molecular flexibility index (Phi) is 4.75. The first-order valence-electron chi connectivity index (χ1n) is 6.01. The molecule has 0 radical (unpaired) electrons. The van der Waals surface area contributed by atoms with Gasteiger partial charge in [0.25, 0.3) is 11.4 Å². The number of hydrogen-bond acceptors (Lipinski definition) is 6. The summed E-state index contributed by atoms with van der Waals surface area (Å²) in [7, 11) is 0. The van der Waals surface area contributed by atoms with Crippen LogP contribution in [0.1, 0.15) is 12.3 Å². The van der Waals surface area contributed by atoms with Crippen LogP contribution in [0.5, 0.6) is 0 Å². The van der Waals surface area contributed by atoms with Gasteiger partial charge in [0.15, 0.2) is 0 Å². The largest absolute Gasteiger partial charge is 0.314 e. The minimum atomic E-state index is -0.658. The molecule has 1 aromatic heterocycles. The van der Waals surface area contributed by atoms with Crippen LogP contribution in [-0.4, -0.2) is 19.4 Å². The molecule has 112 valence electrons. The van der Waals surface area contributed by atoms with Gasteiger partial charge in [-0.15, -0.1) is 5.92 Å². The average molecular weight is 318 g/mol. The maximum absolute atomic E-state index is 10.9. The molecule has 8 nitrogen and oxygen atoms in total. The van der Waals surface area contributed by atoms with E-state index >= 15 is 0 Å². The molecule has 2 aromatic rings. The van der Waals surface area contributed by atoms with E-state index in [0.717, 1.165) is 6.07 Å². The highest BCUT2D eigenvalue weighted by molar-refractivity contribution is 7.99. The van der Waals surface area contributed by atoms with Crippen molar-refractivity contribution in [1.82, 2.24) is 9.55 Å². The van der Waals surface area contributed by atoms with Crippen LogP contribution in [0.25, 0.3) is 0 Å². The topological polar surface area (TPSA) is 104 Å². The van der Waals surface area contributed by atoms with Crippen LogP contribution in [0.2, 0.25) is 0 Å². The minimum absolute atomic E-state index is 0.328. The highest BCUT2D eigenvalue weighted by atomic mass is 32.2. The van der Waals surface area contributed by atoms with Crippen LogP contribution < -0.4 is 0 Å². The zero-order chi connectivity index (χ0) is 16.1. The Morgan fingerprint density at radius 3 is 2.32 bits per heavy atom. The van der Waals surface area contributed by atoms with Crippen LogP contribution in [0.15, 0.2) is 41.8 Å². The van der Waals surface area contributed by atoms with Gasteiger partial charge in [0.1, 0.15) is 5.37 Å². The molecule has 0 N–H and O–H groups in total. The summed E-state index contributed by atoms with van der Waals surface area (Å²) < 4.78 is 1.71. The van der Waals surface area contributed by atoms with E-state index in [2.05, 4.69) is 16.8 Å². The van der Waals surface area contributed by atoms with Gasteiger partial charge in [-0.2, -0.15) is 0 Å². The molecule has 2 rings (SSSR count). The maximum atomic E-state index is 10.9. The number of rotatable bonds is 5. The normalized spacial score (nSPS) is 11.3. The summed E-state index contributed by atoms with van der Waals surface area (Å²) in [4.78, 5) is 24.8. The zero-order valence-electron chi connectivity index (χ0n) is 11.4. The number of nitro groups is 2. The molecule has 0 aliphatic carbocycles. The standard InChI is InChI=1S/C13H10N4O4S/c1-2-3-13(15-5-4-14-9-15)22-12-7-10(16(18)19)6-11(8-12)17(20)21/h4-9,13H,1H3. The Hall–Kier alpha value is -2.86. The van der Waals surface area contributed by atoms with Crippen LogP contribution >= 0.6 is 11.8 Å². The van der Waals surface area contributed by atoms with E-state index in [1.54, 1.807) is 30.2 Å². The lowest BCUT2D eigenvalue weighted by molar-refractivity contribution is -0.394. The number of nitrogens with zero attached hydrogens (tertiary/aromatic N) is 4. The number of imidazole rings is 1. The lowest BCUT2D eigenvalue weighted by atomic mass is 10.3. The van der Waals surface area contributed by atoms with Crippen LogP contribution in [0.3, 0.4) is 0 Å². The molecule has 0 aliphatic heterocycles. The van der Waals surface area contributed by atoms with Crippen molar-refractivity contribution < 1.29 is 9.85 Å². The van der Waals surface area contributed by atoms with E-state index in [1.807, 2.05) is 0 Å². The second-order valence-electron chi connectivity index (χ2n) is 4.07. The third-order valence-electron chi connectivity index (χ3n) is 2.61. The summed E-state index contributed by atoms with van der Waals surface area (Å²) in [6.07, 6.45) is 4.85. The summed E-state index contributed by atoms with van der Waals surface area (Å²) in [6.45, 7) is 1.67. The summed E-state index contributed by atoms with van der Waals surface area (Å²) in [6, 6.07) is 3.51. The summed E-state index contributed by atoms with van der Waals surface area (Å²) in [5, 5.41) is 21.4. The number of hydrogen-bond donors (Lipinski definition) is 0. The van der Waals surface area contributed by atoms with Crippen molar-refractivity contribution >= 4 is 23.1 Å². The predicted octanol–water partition coefficient (Wildman–Crippen LogP) is 3.01. The van der Waals surface area contributed by atoms with E-state index in [1.165, 1.54) is 23.9 Å². The second-order valence-corrected chi connectivity index (χ2v) is 5.23. The van der Waals surface area contributed by atoms with E-state index in [0.29, 0.717) is 4.90 Å². The molecular weight excluding hydrogens is 308 g/mol. The van der Waals surface area contributed by atoms with Crippen LogP contribution in [-0.2, 0) is 0 Å². The fraction of sp³-hybridized carbons (Fsp3) is 0.154. The Labute approximate surface area is 129 Å². The first kappa shape index (κ1) is 15.5. The summed E-state index contributed by atoms with van der Waals surface area (Å²) in [5.74, 6) is 5.69. The molecule has 0 saturated heterocycles. The molecule has 1 unspecified atom stereocenters. The summed E-state index contributed by atoms with van der Waals surface area (Å²) >= 11 is 1.17. The van der Waals surface area contributed by atoms with E-state index < -0.39 is 9.85 Å². The van der Waals surface area contributed by atoms with Crippen LogP contribution in [0.4, 0.5) is 11.4 Å². The molecule has 0 saturated carbocycles. The third kappa shape index (κ3) is 3.62. The average Bonchev–Trinajstić information content (AvgIpc) is 3.00. The van der Waals surface area contributed by atoms with Gasteiger partial charge in [0.2, 0.25) is 0 Å². The molecule has 9 heteroatoms. The molecule has 0 amide bonds. The Morgan fingerprint density at radius 2 is 1.86 bits per heavy atom. The van der Waals surface area contributed by atoms with Gasteiger partial charge >= 0.3 is 0 Å². The van der Waals surface area contributed by atoms with E-state index in [-0.39, 0.29) is 16.7 Å². The fourth-order valence-corrected chi connectivity index (χ4v) is 2.73. The SMILES string of the molecule is CC#CC(Sc1cc([N+](=O)[O-])cc([N+](=O)[O-])c1)n1ccnc1. The quantitative estimate of drug-likeness (QED) is 0.363. The maximum Gasteiger partial charge on any atom is 0.277 e. The number of benzene rings is 1. The number of aromatic nitrogens is 2. The van der Waals surface area contributed by atoms with Crippen molar-refractivity contribution in [3.8, 4) is 11.8 Å². The molecule has 0 fully saturated rings. The van der Waals surface area contributed by atoms with Gasteiger partial charge in [-0.1, -0.05) is 17.7 Å². The van der Waals surface area contributed by atoms with Gasteiger partial charge < -0.3 is 4.57 Å². The predicted molar refractivity (Wildman–Crippen MR) is 80.3 cm³/mol. The molecule has 0 bridgehead atoms. The molecule has 22 heavy (non-hydrogen) atoms. The first-order valence-corrected chi connectivity index (χ1v) is 6.89. The minimum Gasteiger partial charge on any atom is -0.314 e. The monoisotopic (exact) mass is 318 g/mol. The molecule has 1 heterocycles. The number of thioether (sulfide) groups is 1. The van der Waals surface area contributed by atoms with E-state index in [4.69, 9.17) is 0 Å². The Morgan fingerprint density at radius 1 is 1.23 bits per heavy atom. The van der Waals surface area contributed by atoms with E-state index in [9.17, 15) is 20.2 Å². The molecule has 1 aromatic carbocycles. The second kappa shape index (κ2) is 6.73. The van der Waals surface area contributed by atoms with Gasteiger partial charge in [-0.05, 0) is 6.92 Å². The smallest absolute Gasteiger partial charge is 0.277 e. The van der Waals surface area contributed by atoms with Crippen molar-refractivity contribution in [3.05, 3.63) is 57.1 Å². The van der Waals surface area contributed by atoms with Gasteiger partial charge in [-0.25, -0.2) is 4.98 Å². The Bertz CT molecular complexity index is 732. The van der Waals surface area contributed by atoms with Gasteiger partial charge in [0.05, 0.1) is 22.2 Å². The molecule has 1 atom stereocenters. The van der Waals surface area contributed by atoms with Gasteiger partial charge in [-0.3, -0.25) is 20.2 Å². The summed E-state index contributed by atoms with van der Waals surface area (Å²) in [5.41, 5.74) is -0.656. The highest BCUT2D eigenvalue weighted by Crippen LogP contribution is 2.35. The lowest BCUT2D eigenvalue weighted by Crippen LogP contribution is -2.01. The van der Waals surface area contributed by atoms with Crippen molar-refractivity contribution in [2.75, 3.05) is 0 Å².